The highest BCUT2D eigenvalue weighted by Crippen LogP contribution is 2.51. The van der Waals surface area contributed by atoms with Gasteiger partial charge < -0.3 is 4.90 Å². The lowest BCUT2D eigenvalue weighted by molar-refractivity contribution is 1.10. The first-order valence-corrected chi connectivity index (χ1v) is 14.9. The number of hydrogen-bond donors (Lipinski definition) is 0. The van der Waals surface area contributed by atoms with Crippen LogP contribution < -0.4 is 4.90 Å². The number of hydrogen-bond acceptors (Lipinski definition) is 3. The lowest BCUT2D eigenvalue weighted by Gasteiger charge is -2.33. The molecule has 9 rings (SSSR count). The van der Waals surface area contributed by atoms with Crippen molar-refractivity contribution in [1.29, 1.82) is 0 Å². The first-order chi connectivity index (χ1) is 21.8. The number of imidazole rings is 1. The Bertz CT molecular complexity index is 2340. The fraction of sp³-hybridized carbons (Fsp3) is 0. The van der Waals surface area contributed by atoms with Gasteiger partial charge in [-0.1, -0.05) is 103 Å². The van der Waals surface area contributed by atoms with E-state index in [2.05, 4.69) is 149 Å². The minimum absolute atomic E-state index is 0.914. The van der Waals surface area contributed by atoms with Gasteiger partial charge >= 0.3 is 0 Å². The lowest BCUT2D eigenvalue weighted by atomic mass is 9.93. The third-order valence-electron chi connectivity index (χ3n) is 8.48. The molecule has 0 spiro atoms. The van der Waals surface area contributed by atoms with Crippen LogP contribution in [-0.2, 0) is 0 Å². The monoisotopic (exact) mass is 562 g/mol. The van der Waals surface area contributed by atoms with E-state index in [1.165, 1.54) is 5.39 Å². The first kappa shape index (κ1) is 24.6. The summed E-state index contributed by atoms with van der Waals surface area (Å²) in [6.45, 7) is 0. The third kappa shape index (κ3) is 3.78. The minimum Gasteiger partial charge on any atom is -0.309 e. The molecule has 2 aromatic heterocycles. The normalized spacial score (nSPS) is 12.0. The Kier molecular flexibility index (Phi) is 5.47. The second kappa shape index (κ2) is 9.79. The number of para-hydroxylation sites is 4. The quantitative estimate of drug-likeness (QED) is 0.214. The van der Waals surface area contributed by atoms with Gasteiger partial charge in [0.2, 0.25) is 0 Å². The third-order valence-corrected chi connectivity index (χ3v) is 8.48. The highest BCUT2D eigenvalue weighted by Gasteiger charge is 2.28. The van der Waals surface area contributed by atoms with Gasteiger partial charge in [0.05, 0.1) is 33.8 Å². The smallest absolute Gasteiger partial charge is 0.145 e. The molecular weight excluding hydrogens is 536 g/mol. The van der Waals surface area contributed by atoms with E-state index in [1.807, 2.05) is 18.2 Å². The van der Waals surface area contributed by atoms with Gasteiger partial charge in [-0.25, -0.2) is 9.97 Å². The molecule has 0 aliphatic carbocycles. The Balaban J connectivity index is 1.26. The van der Waals surface area contributed by atoms with Crippen molar-refractivity contribution in [3.63, 3.8) is 0 Å². The molecule has 0 atom stereocenters. The predicted molar refractivity (Wildman–Crippen MR) is 181 cm³/mol. The Labute approximate surface area is 255 Å². The van der Waals surface area contributed by atoms with Crippen LogP contribution in [0.25, 0.3) is 61.4 Å². The zero-order valence-corrected chi connectivity index (χ0v) is 23.8. The van der Waals surface area contributed by atoms with Crippen molar-refractivity contribution in [2.45, 2.75) is 0 Å². The number of aromatic nitrogens is 3. The van der Waals surface area contributed by atoms with Crippen LogP contribution in [0.3, 0.4) is 0 Å². The summed E-state index contributed by atoms with van der Waals surface area (Å²) < 4.78 is 2.25. The number of rotatable bonds is 4. The second-order valence-electron chi connectivity index (χ2n) is 11.1. The van der Waals surface area contributed by atoms with Crippen LogP contribution in [-0.4, -0.2) is 14.5 Å². The topological polar surface area (TPSA) is 34.0 Å². The van der Waals surface area contributed by atoms with Crippen LogP contribution in [0.15, 0.2) is 158 Å². The summed E-state index contributed by atoms with van der Waals surface area (Å²) in [5.41, 5.74) is 11.7. The predicted octanol–water partition coefficient (Wildman–Crippen LogP) is 10.4. The molecule has 6 aromatic carbocycles. The molecule has 0 bridgehead atoms. The van der Waals surface area contributed by atoms with Crippen molar-refractivity contribution in [1.82, 2.24) is 14.5 Å². The van der Waals surface area contributed by atoms with Crippen molar-refractivity contribution in [2.24, 2.45) is 0 Å². The molecule has 0 fully saturated rings. The standard InChI is InChI=1S/C40H26N4/c1-3-13-27(14-4-1)34-26-28-15-12-24-37-38(28)39(41-34)32-20-7-9-22-35(32)43(37)31-19-11-16-29(25-31)40-42-33-21-8-10-23-36(33)44(40)30-17-5-2-6-18-30/h1-26H. The van der Waals surface area contributed by atoms with Crippen LogP contribution in [0.2, 0.25) is 0 Å². The van der Waals surface area contributed by atoms with Crippen molar-refractivity contribution in [2.75, 3.05) is 4.90 Å². The number of anilines is 3. The average Bonchev–Trinajstić information content (AvgIpc) is 3.49. The van der Waals surface area contributed by atoms with Gasteiger partial charge in [-0.15, -0.1) is 0 Å². The van der Waals surface area contributed by atoms with Gasteiger partial charge in [0, 0.05) is 33.5 Å². The fourth-order valence-corrected chi connectivity index (χ4v) is 6.55. The number of pyridine rings is 1. The summed E-state index contributed by atoms with van der Waals surface area (Å²) in [6, 6.07) is 55.3. The summed E-state index contributed by atoms with van der Waals surface area (Å²) in [5.74, 6) is 0.914. The summed E-state index contributed by atoms with van der Waals surface area (Å²) >= 11 is 0. The summed E-state index contributed by atoms with van der Waals surface area (Å²) in [7, 11) is 0. The van der Waals surface area contributed by atoms with Crippen LogP contribution in [0.5, 0.6) is 0 Å². The van der Waals surface area contributed by atoms with E-state index >= 15 is 0 Å². The molecule has 1 aliphatic rings. The van der Waals surface area contributed by atoms with Crippen LogP contribution in [0, 0.1) is 0 Å². The Morgan fingerprint density at radius 1 is 0.477 bits per heavy atom. The van der Waals surface area contributed by atoms with Crippen LogP contribution in [0.1, 0.15) is 0 Å². The molecule has 44 heavy (non-hydrogen) atoms. The molecule has 4 heteroatoms. The summed E-state index contributed by atoms with van der Waals surface area (Å²) in [6.07, 6.45) is 0. The maximum Gasteiger partial charge on any atom is 0.145 e. The van der Waals surface area contributed by atoms with Gasteiger partial charge in [0.15, 0.2) is 0 Å². The minimum atomic E-state index is 0.914. The zero-order valence-electron chi connectivity index (χ0n) is 23.8. The maximum atomic E-state index is 5.27. The Hall–Kier alpha value is -6.00. The van der Waals surface area contributed by atoms with Gasteiger partial charge in [-0.05, 0) is 60.0 Å². The Morgan fingerprint density at radius 3 is 2.05 bits per heavy atom. The molecule has 3 heterocycles. The largest absolute Gasteiger partial charge is 0.309 e. The fourth-order valence-electron chi connectivity index (χ4n) is 6.55. The first-order valence-electron chi connectivity index (χ1n) is 14.9. The average molecular weight is 563 g/mol. The molecule has 0 N–H and O–H groups in total. The van der Waals surface area contributed by atoms with E-state index in [9.17, 15) is 0 Å². The van der Waals surface area contributed by atoms with Gasteiger partial charge in [-0.3, -0.25) is 4.57 Å². The molecule has 0 saturated heterocycles. The molecule has 0 saturated carbocycles. The van der Waals surface area contributed by atoms with Crippen molar-refractivity contribution < 1.29 is 0 Å². The van der Waals surface area contributed by atoms with Crippen LogP contribution >= 0.6 is 0 Å². The molecule has 8 aromatic rings. The van der Waals surface area contributed by atoms with Gasteiger partial charge in [0.1, 0.15) is 5.82 Å². The van der Waals surface area contributed by atoms with Gasteiger partial charge in [0.25, 0.3) is 0 Å². The van der Waals surface area contributed by atoms with Crippen LogP contribution in [0.4, 0.5) is 17.1 Å². The highest BCUT2D eigenvalue weighted by atomic mass is 15.2. The number of nitrogens with zero attached hydrogens (tertiary/aromatic N) is 4. The molecule has 0 unspecified atom stereocenters. The number of fused-ring (bicyclic) bond motifs is 3. The molecule has 206 valence electrons. The summed E-state index contributed by atoms with van der Waals surface area (Å²) in [5, 5.41) is 2.33. The Morgan fingerprint density at radius 2 is 1.16 bits per heavy atom. The molecule has 0 radical (unpaired) electrons. The maximum absolute atomic E-state index is 5.27. The lowest BCUT2D eigenvalue weighted by Crippen LogP contribution is -2.15. The van der Waals surface area contributed by atoms with Crippen molar-refractivity contribution in [3.05, 3.63) is 158 Å². The molecule has 1 aliphatic heterocycles. The van der Waals surface area contributed by atoms with Crippen molar-refractivity contribution >= 4 is 38.9 Å². The van der Waals surface area contributed by atoms with E-state index in [4.69, 9.17) is 9.97 Å². The van der Waals surface area contributed by atoms with Crippen molar-refractivity contribution in [3.8, 4) is 39.6 Å². The van der Waals surface area contributed by atoms with E-state index in [0.717, 1.165) is 73.1 Å². The van der Waals surface area contributed by atoms with E-state index in [1.54, 1.807) is 0 Å². The number of benzene rings is 6. The van der Waals surface area contributed by atoms with E-state index in [-0.39, 0.29) is 0 Å². The van der Waals surface area contributed by atoms with Gasteiger partial charge in [-0.2, -0.15) is 0 Å². The zero-order chi connectivity index (χ0) is 29.0. The molecule has 0 amide bonds. The second-order valence-corrected chi connectivity index (χ2v) is 11.1. The van der Waals surface area contributed by atoms with E-state index < -0.39 is 0 Å². The SMILES string of the molecule is c1ccc(-c2cc3cccc4c3c(n2)-c2ccccc2N4c2cccc(-c3nc4ccccc4n3-c3ccccc3)c2)cc1. The molecule has 4 nitrogen and oxygen atoms in total. The highest BCUT2D eigenvalue weighted by molar-refractivity contribution is 6.13. The summed E-state index contributed by atoms with van der Waals surface area (Å²) in [4.78, 5) is 12.8. The van der Waals surface area contributed by atoms with E-state index in [0.29, 0.717) is 0 Å². The molecular formula is C40H26N4.